The Balaban J connectivity index is 5.45. The van der Waals surface area contributed by atoms with Gasteiger partial charge >= 0.3 is 5.97 Å². The predicted molar refractivity (Wildman–Crippen MR) is 82.5 cm³/mol. The van der Waals surface area contributed by atoms with Gasteiger partial charge in [0.15, 0.2) is 3.42 Å². The number of aliphatic hydroxyl groups excluding tert-OH is 2. The summed E-state index contributed by atoms with van der Waals surface area (Å²) in [5.74, 6) is -1.19. The van der Waals surface area contributed by atoms with E-state index >= 15 is 0 Å². The van der Waals surface area contributed by atoms with Crippen molar-refractivity contribution in [2.45, 2.75) is 13.8 Å². The molecule has 0 radical (unpaired) electrons. The molecular formula is C9H12Br4O6. The van der Waals surface area contributed by atoms with Crippen molar-refractivity contribution < 1.29 is 30.0 Å². The van der Waals surface area contributed by atoms with Crippen molar-refractivity contribution in [2.75, 3.05) is 13.2 Å². The molecule has 19 heavy (non-hydrogen) atoms. The summed E-state index contributed by atoms with van der Waals surface area (Å²) < 4.78 is 1.64. The van der Waals surface area contributed by atoms with E-state index in [4.69, 9.17) is 9.84 Å². The highest BCUT2D eigenvalue weighted by Gasteiger charge is 2.61. The van der Waals surface area contributed by atoms with E-state index in [-0.39, 0.29) is 5.57 Å². The zero-order chi connectivity index (χ0) is 15.5. The van der Waals surface area contributed by atoms with Gasteiger partial charge in [0.05, 0.1) is 25.0 Å². The molecule has 112 valence electrons. The third-order valence-electron chi connectivity index (χ3n) is 2.39. The Morgan fingerprint density at radius 1 is 1.21 bits per heavy atom. The van der Waals surface area contributed by atoms with Crippen LogP contribution in [0.5, 0.6) is 0 Å². The van der Waals surface area contributed by atoms with E-state index in [0.717, 1.165) is 6.26 Å². The summed E-state index contributed by atoms with van der Waals surface area (Å²) in [6.45, 7) is -0.105. The van der Waals surface area contributed by atoms with E-state index in [2.05, 4.69) is 63.7 Å². The first-order valence-electron chi connectivity index (χ1n) is 4.73. The van der Waals surface area contributed by atoms with Crippen LogP contribution in [0, 0.1) is 5.41 Å². The zero-order valence-corrected chi connectivity index (χ0v) is 16.0. The molecule has 0 fully saturated rings. The summed E-state index contributed by atoms with van der Waals surface area (Å²) >= 11 is 11.9. The molecule has 0 aromatic rings. The van der Waals surface area contributed by atoms with Gasteiger partial charge in [-0.05, 0) is 70.6 Å². The lowest BCUT2D eigenvalue weighted by Gasteiger charge is -2.45. The SMILES string of the molecule is CC(=COC(Br)(Br)C(CO)(CO)C(O)(Br)Br)C(=O)O. The van der Waals surface area contributed by atoms with Crippen molar-refractivity contribution >= 4 is 69.7 Å². The Morgan fingerprint density at radius 2 is 1.63 bits per heavy atom. The molecule has 0 aliphatic carbocycles. The van der Waals surface area contributed by atoms with E-state index < -0.39 is 31.4 Å². The molecule has 0 saturated carbocycles. The molecule has 10 heteroatoms. The minimum atomic E-state index is -1.89. The molecule has 0 aliphatic heterocycles. The molecule has 6 nitrogen and oxygen atoms in total. The van der Waals surface area contributed by atoms with Gasteiger partial charge in [-0.3, -0.25) is 0 Å². The first kappa shape index (κ1) is 19.8. The molecule has 0 saturated heterocycles. The Hall–Kier alpha value is 0.810. The van der Waals surface area contributed by atoms with Crippen LogP contribution in [0.2, 0.25) is 0 Å². The molecule has 0 bridgehead atoms. The maximum atomic E-state index is 10.7. The number of halogens is 4. The Bertz CT molecular complexity index is 358. The van der Waals surface area contributed by atoms with Gasteiger partial charge < -0.3 is 25.2 Å². The zero-order valence-electron chi connectivity index (χ0n) is 9.61. The maximum Gasteiger partial charge on any atom is 0.334 e. The summed E-state index contributed by atoms with van der Waals surface area (Å²) in [5.41, 5.74) is -1.80. The molecule has 0 rings (SSSR count). The van der Waals surface area contributed by atoms with Crippen molar-refractivity contribution in [1.29, 1.82) is 0 Å². The van der Waals surface area contributed by atoms with Crippen LogP contribution in [0.25, 0.3) is 0 Å². The van der Waals surface area contributed by atoms with Crippen LogP contribution in [-0.4, -0.2) is 46.4 Å². The average Bonchev–Trinajstić information content (AvgIpc) is 2.25. The number of hydrogen-bond acceptors (Lipinski definition) is 5. The van der Waals surface area contributed by atoms with Gasteiger partial charge in [0.25, 0.3) is 0 Å². The number of ether oxygens (including phenoxy) is 1. The Kier molecular flexibility index (Phi) is 7.49. The molecule has 0 atom stereocenters. The number of carbonyl (C=O) groups is 1. The molecule has 0 unspecified atom stereocenters. The monoisotopic (exact) mass is 532 g/mol. The van der Waals surface area contributed by atoms with Crippen LogP contribution in [0.1, 0.15) is 6.92 Å². The van der Waals surface area contributed by atoms with Gasteiger partial charge in [-0.1, -0.05) is 0 Å². The number of alkyl halides is 4. The quantitative estimate of drug-likeness (QED) is 0.225. The van der Waals surface area contributed by atoms with Crippen molar-refractivity contribution in [3.05, 3.63) is 11.8 Å². The summed E-state index contributed by atoms with van der Waals surface area (Å²) in [7, 11) is 0. The normalized spacial score (nSPS) is 14.4. The summed E-state index contributed by atoms with van der Waals surface area (Å²) in [4.78, 5) is 10.7. The fourth-order valence-corrected chi connectivity index (χ4v) is 4.31. The second kappa shape index (κ2) is 7.19. The van der Waals surface area contributed by atoms with E-state index in [1.165, 1.54) is 6.92 Å². The van der Waals surface area contributed by atoms with E-state index in [1.807, 2.05) is 0 Å². The highest BCUT2D eigenvalue weighted by atomic mass is 79.9. The lowest BCUT2D eigenvalue weighted by molar-refractivity contribution is -0.132. The van der Waals surface area contributed by atoms with E-state index in [1.54, 1.807) is 0 Å². The number of carboxylic acids is 1. The fourth-order valence-electron chi connectivity index (χ4n) is 0.925. The van der Waals surface area contributed by atoms with Crippen LogP contribution in [0.3, 0.4) is 0 Å². The highest BCUT2D eigenvalue weighted by molar-refractivity contribution is 9.26. The highest BCUT2D eigenvalue weighted by Crippen LogP contribution is 2.56. The molecule has 0 spiro atoms. The number of aliphatic hydroxyl groups is 3. The van der Waals surface area contributed by atoms with Crippen molar-refractivity contribution in [3.8, 4) is 0 Å². The van der Waals surface area contributed by atoms with Gasteiger partial charge in [-0.2, -0.15) is 0 Å². The van der Waals surface area contributed by atoms with E-state index in [9.17, 15) is 20.1 Å². The number of hydrogen-bond donors (Lipinski definition) is 4. The number of aliphatic carboxylic acids is 1. The fraction of sp³-hybridized carbons (Fsp3) is 0.667. The number of rotatable bonds is 7. The predicted octanol–water partition coefficient (Wildman–Crippen LogP) is 1.84. The van der Waals surface area contributed by atoms with Gasteiger partial charge in [0.1, 0.15) is 5.41 Å². The van der Waals surface area contributed by atoms with Crippen molar-refractivity contribution in [2.24, 2.45) is 5.41 Å². The van der Waals surface area contributed by atoms with Gasteiger partial charge in [-0.25, -0.2) is 4.79 Å². The smallest absolute Gasteiger partial charge is 0.334 e. The maximum absolute atomic E-state index is 10.7. The summed E-state index contributed by atoms with van der Waals surface area (Å²) in [6, 6.07) is 0. The van der Waals surface area contributed by atoms with Crippen LogP contribution >= 0.6 is 63.7 Å². The second-order valence-electron chi connectivity index (χ2n) is 3.68. The first-order valence-corrected chi connectivity index (χ1v) is 7.90. The lowest BCUT2D eigenvalue weighted by atomic mass is 9.92. The molecule has 0 aromatic carbocycles. The second-order valence-corrected chi connectivity index (χ2v) is 10.3. The molecule has 4 N–H and O–H groups in total. The van der Waals surface area contributed by atoms with Gasteiger partial charge in [0, 0.05) is 0 Å². The largest absolute Gasteiger partial charge is 0.478 e. The average molecular weight is 536 g/mol. The van der Waals surface area contributed by atoms with Crippen LogP contribution in [0.15, 0.2) is 11.8 Å². The van der Waals surface area contributed by atoms with Crippen LogP contribution in [-0.2, 0) is 9.53 Å². The minimum absolute atomic E-state index is 0.110. The lowest BCUT2D eigenvalue weighted by Crippen LogP contribution is -2.56. The van der Waals surface area contributed by atoms with E-state index in [0.29, 0.717) is 0 Å². The minimum Gasteiger partial charge on any atom is -0.478 e. The topological polar surface area (TPSA) is 107 Å². The standard InChI is InChI=1S/C9H12Br4O6/c1-5(6(16)17)2-19-9(12,13)7(3-14,4-15)8(10,11)18/h2,14-15,18H,3-4H2,1H3,(H,16,17). The first-order chi connectivity index (χ1) is 8.45. The van der Waals surface area contributed by atoms with Gasteiger partial charge in [-0.15, -0.1) is 0 Å². The number of carboxylic acid groups (broad SMARTS) is 1. The van der Waals surface area contributed by atoms with Gasteiger partial charge in [0.2, 0.25) is 3.42 Å². The third-order valence-corrected chi connectivity index (χ3v) is 5.80. The summed E-state index contributed by atoms with van der Waals surface area (Å²) in [5, 5.41) is 37.6. The molecular weight excluding hydrogens is 524 g/mol. The molecule has 0 aliphatic rings. The Labute approximate surface area is 143 Å². The summed E-state index contributed by atoms with van der Waals surface area (Å²) in [6.07, 6.45) is 0.914. The van der Waals surface area contributed by atoms with Crippen molar-refractivity contribution in [1.82, 2.24) is 0 Å². The molecule has 0 aromatic heterocycles. The molecule has 0 heterocycles. The third kappa shape index (κ3) is 4.39. The molecule has 0 amide bonds. The van der Waals surface area contributed by atoms with Crippen molar-refractivity contribution in [3.63, 3.8) is 0 Å². The van der Waals surface area contributed by atoms with Crippen LogP contribution in [0.4, 0.5) is 0 Å². The van der Waals surface area contributed by atoms with Crippen LogP contribution < -0.4 is 0 Å². The Morgan fingerprint density at radius 3 is 1.89 bits per heavy atom.